The highest BCUT2D eigenvalue weighted by Crippen LogP contribution is 2.38. The molecule has 0 aliphatic heterocycles. The zero-order chi connectivity index (χ0) is 24.7. The van der Waals surface area contributed by atoms with Crippen molar-refractivity contribution in [2.45, 2.75) is 13.5 Å². The number of nitrogens with one attached hydrogen (secondary N) is 1. The first-order chi connectivity index (χ1) is 16.3. The van der Waals surface area contributed by atoms with Gasteiger partial charge in [0.25, 0.3) is 5.91 Å². The molecule has 1 amide bonds. The van der Waals surface area contributed by atoms with E-state index in [1.54, 1.807) is 48.5 Å². The predicted octanol–water partition coefficient (Wildman–Crippen LogP) is 7.93. The smallest absolute Gasteiger partial charge is 0.266 e. The molecule has 5 nitrogen and oxygen atoms in total. The maximum absolute atomic E-state index is 12.6. The molecule has 0 fully saturated rings. The van der Waals surface area contributed by atoms with Gasteiger partial charge in [-0.05, 0) is 61.0 Å². The van der Waals surface area contributed by atoms with Crippen LogP contribution in [0.1, 0.15) is 18.1 Å². The van der Waals surface area contributed by atoms with E-state index in [1.807, 2.05) is 19.1 Å². The fourth-order valence-corrected chi connectivity index (χ4v) is 4.08. The molecule has 0 radical (unpaired) electrons. The lowest BCUT2D eigenvalue weighted by Crippen LogP contribution is -2.13. The highest BCUT2D eigenvalue weighted by Gasteiger charge is 2.16. The van der Waals surface area contributed by atoms with Gasteiger partial charge in [-0.15, -0.1) is 0 Å². The maximum Gasteiger partial charge on any atom is 0.266 e. The molecule has 3 rings (SSSR count). The highest BCUT2D eigenvalue weighted by atomic mass is 79.9. The lowest BCUT2D eigenvalue weighted by atomic mass is 10.1. The summed E-state index contributed by atoms with van der Waals surface area (Å²) in [5, 5.41) is 13.5. The van der Waals surface area contributed by atoms with Crippen LogP contribution in [0.15, 0.2) is 64.6 Å². The summed E-state index contributed by atoms with van der Waals surface area (Å²) in [5.74, 6) is 0.146. The van der Waals surface area contributed by atoms with E-state index in [-0.39, 0.29) is 17.2 Å². The van der Waals surface area contributed by atoms with Crippen molar-refractivity contribution in [1.29, 1.82) is 5.26 Å². The van der Waals surface area contributed by atoms with Crippen molar-refractivity contribution < 1.29 is 14.3 Å². The normalized spacial score (nSPS) is 11.0. The van der Waals surface area contributed by atoms with Crippen molar-refractivity contribution in [2.75, 3.05) is 11.9 Å². The summed E-state index contributed by atoms with van der Waals surface area (Å²) >= 11 is 22.0. The lowest BCUT2D eigenvalue weighted by molar-refractivity contribution is -0.112. The summed E-state index contributed by atoms with van der Waals surface area (Å²) in [6.45, 7) is 2.32. The molecule has 3 aromatic carbocycles. The van der Waals surface area contributed by atoms with E-state index in [2.05, 4.69) is 21.2 Å². The SMILES string of the molecule is CCOc1cc(/C=C(/C#N)C(=O)Nc2cccc(Br)c2)cc(Cl)c1OCc1ccc(Cl)cc1Cl. The first-order valence-electron chi connectivity index (χ1n) is 10.0. The summed E-state index contributed by atoms with van der Waals surface area (Å²) in [6, 6.07) is 17.3. The molecule has 0 saturated heterocycles. The second-order valence-corrected chi connectivity index (χ2v) is 9.09. The maximum atomic E-state index is 12.6. The minimum Gasteiger partial charge on any atom is -0.490 e. The third kappa shape index (κ3) is 6.91. The summed E-state index contributed by atoms with van der Waals surface area (Å²) in [5.41, 5.74) is 1.69. The Morgan fingerprint density at radius 3 is 2.56 bits per heavy atom. The number of nitriles is 1. The molecule has 0 aliphatic rings. The van der Waals surface area contributed by atoms with E-state index in [1.165, 1.54) is 6.08 Å². The van der Waals surface area contributed by atoms with Crippen molar-refractivity contribution >= 4 is 68.4 Å². The van der Waals surface area contributed by atoms with Gasteiger partial charge < -0.3 is 14.8 Å². The first-order valence-corrected chi connectivity index (χ1v) is 11.9. The van der Waals surface area contributed by atoms with Crippen molar-refractivity contribution in [3.05, 3.63) is 90.8 Å². The van der Waals surface area contributed by atoms with Crippen LogP contribution in [0.3, 0.4) is 0 Å². The molecule has 0 bridgehead atoms. The van der Waals surface area contributed by atoms with Gasteiger partial charge in [0.1, 0.15) is 18.2 Å². The minimum atomic E-state index is -0.549. The summed E-state index contributed by atoms with van der Waals surface area (Å²) in [4.78, 5) is 12.6. The standard InChI is InChI=1S/C25H18BrCl3N2O3/c1-2-33-23-10-15(8-17(13-30)25(32)31-20-5-3-4-18(26)11-20)9-22(29)24(23)34-14-16-6-7-19(27)12-21(16)28/h3-12H,2,14H2,1H3,(H,31,32)/b17-8-. The zero-order valence-corrected chi connectivity index (χ0v) is 21.7. The number of rotatable bonds is 8. The van der Waals surface area contributed by atoms with Gasteiger partial charge in [-0.1, -0.05) is 62.9 Å². The monoisotopic (exact) mass is 578 g/mol. The van der Waals surface area contributed by atoms with Crippen LogP contribution >= 0.6 is 50.7 Å². The Balaban J connectivity index is 1.86. The third-order valence-corrected chi connectivity index (χ3v) is 5.84. The number of benzene rings is 3. The summed E-state index contributed by atoms with van der Waals surface area (Å²) in [6.07, 6.45) is 1.43. The summed E-state index contributed by atoms with van der Waals surface area (Å²) < 4.78 is 12.4. The van der Waals surface area contributed by atoms with Crippen molar-refractivity contribution in [3.63, 3.8) is 0 Å². The first kappa shape index (κ1) is 25.9. The quantitative estimate of drug-likeness (QED) is 0.217. The number of ether oxygens (including phenoxy) is 2. The Bertz CT molecular complexity index is 1290. The number of carbonyl (C=O) groups excluding carboxylic acids is 1. The molecular weight excluding hydrogens is 563 g/mol. The largest absolute Gasteiger partial charge is 0.490 e. The Labute approximate surface area is 221 Å². The van der Waals surface area contributed by atoms with E-state index < -0.39 is 5.91 Å². The van der Waals surface area contributed by atoms with Crippen LogP contribution in [0, 0.1) is 11.3 Å². The number of hydrogen-bond donors (Lipinski definition) is 1. The van der Waals surface area contributed by atoms with Crippen LogP contribution in [0.25, 0.3) is 6.08 Å². The number of hydrogen-bond acceptors (Lipinski definition) is 4. The van der Waals surface area contributed by atoms with E-state index in [4.69, 9.17) is 44.3 Å². The molecule has 34 heavy (non-hydrogen) atoms. The lowest BCUT2D eigenvalue weighted by Gasteiger charge is -2.15. The zero-order valence-electron chi connectivity index (χ0n) is 17.9. The number of carbonyl (C=O) groups is 1. The van der Waals surface area contributed by atoms with E-state index in [9.17, 15) is 10.1 Å². The minimum absolute atomic E-state index is 0.0971. The fourth-order valence-electron chi connectivity index (χ4n) is 2.94. The Hall–Kier alpha value is -2.69. The Morgan fingerprint density at radius 2 is 1.88 bits per heavy atom. The van der Waals surface area contributed by atoms with E-state index >= 15 is 0 Å². The van der Waals surface area contributed by atoms with Gasteiger partial charge in [-0.3, -0.25) is 4.79 Å². The van der Waals surface area contributed by atoms with Crippen LogP contribution in [0.5, 0.6) is 11.5 Å². The molecule has 0 aromatic heterocycles. The van der Waals surface area contributed by atoms with Crippen molar-refractivity contribution in [2.24, 2.45) is 0 Å². The van der Waals surface area contributed by atoms with Crippen molar-refractivity contribution in [1.82, 2.24) is 0 Å². The fraction of sp³-hybridized carbons (Fsp3) is 0.120. The van der Waals surface area contributed by atoms with Crippen LogP contribution in [0.2, 0.25) is 15.1 Å². The average molecular weight is 581 g/mol. The highest BCUT2D eigenvalue weighted by molar-refractivity contribution is 9.10. The van der Waals surface area contributed by atoms with Gasteiger partial charge in [0.2, 0.25) is 0 Å². The molecule has 0 unspecified atom stereocenters. The molecular formula is C25H18BrCl3N2O3. The van der Waals surface area contributed by atoms with Crippen molar-refractivity contribution in [3.8, 4) is 17.6 Å². The second kappa shape index (κ2) is 12.1. The van der Waals surface area contributed by atoms with Gasteiger partial charge >= 0.3 is 0 Å². The Morgan fingerprint density at radius 1 is 1.09 bits per heavy atom. The molecule has 0 heterocycles. The predicted molar refractivity (Wildman–Crippen MR) is 140 cm³/mol. The summed E-state index contributed by atoms with van der Waals surface area (Å²) in [7, 11) is 0. The number of anilines is 1. The van der Waals surface area contributed by atoms with Crippen LogP contribution in [-0.4, -0.2) is 12.5 Å². The molecule has 0 aliphatic carbocycles. The molecule has 9 heteroatoms. The second-order valence-electron chi connectivity index (χ2n) is 6.92. The molecule has 3 aromatic rings. The molecule has 0 saturated carbocycles. The number of amides is 1. The van der Waals surface area contributed by atoms with Gasteiger partial charge in [0, 0.05) is 25.8 Å². The van der Waals surface area contributed by atoms with Gasteiger partial charge in [-0.2, -0.15) is 5.26 Å². The van der Waals surface area contributed by atoms with Crippen LogP contribution < -0.4 is 14.8 Å². The number of nitrogens with zero attached hydrogens (tertiary/aromatic N) is 1. The molecule has 1 N–H and O–H groups in total. The topological polar surface area (TPSA) is 71.3 Å². The van der Waals surface area contributed by atoms with E-state index in [0.717, 1.165) is 10.0 Å². The number of halogens is 4. The molecule has 0 atom stereocenters. The average Bonchev–Trinajstić information content (AvgIpc) is 2.78. The Kier molecular flexibility index (Phi) is 9.26. The molecule has 0 spiro atoms. The van der Waals surface area contributed by atoms with Gasteiger partial charge in [-0.25, -0.2) is 0 Å². The van der Waals surface area contributed by atoms with E-state index in [0.29, 0.717) is 39.4 Å². The van der Waals surface area contributed by atoms with Crippen LogP contribution in [0.4, 0.5) is 5.69 Å². The van der Waals surface area contributed by atoms with Crippen LogP contribution in [-0.2, 0) is 11.4 Å². The molecule has 174 valence electrons. The van der Waals surface area contributed by atoms with Gasteiger partial charge in [0.05, 0.1) is 11.6 Å². The third-order valence-electron chi connectivity index (χ3n) is 4.48. The van der Waals surface area contributed by atoms with Gasteiger partial charge in [0.15, 0.2) is 11.5 Å².